The van der Waals surface area contributed by atoms with Crippen LogP contribution in [0.3, 0.4) is 0 Å². The normalized spacial score (nSPS) is 27.8. The Morgan fingerprint density at radius 3 is 2.83 bits per heavy atom. The molecule has 0 saturated carbocycles. The van der Waals surface area contributed by atoms with Gasteiger partial charge in [0.05, 0.1) is 5.60 Å². The van der Waals surface area contributed by atoms with Crippen molar-refractivity contribution in [2.45, 2.75) is 51.6 Å². The summed E-state index contributed by atoms with van der Waals surface area (Å²) in [7, 11) is 0. The molecule has 2 nitrogen and oxygen atoms in total. The molecule has 1 spiro atoms. The van der Waals surface area contributed by atoms with E-state index in [0.717, 1.165) is 25.0 Å². The highest BCUT2D eigenvalue weighted by atomic mass is 32.2. The highest BCUT2D eigenvalue weighted by Crippen LogP contribution is 2.40. The molecule has 2 aliphatic heterocycles. The third-order valence-electron chi connectivity index (χ3n) is 4.28. The number of hydrogen-bond donors (Lipinski definition) is 1. The van der Waals surface area contributed by atoms with Gasteiger partial charge in [-0.2, -0.15) is 11.8 Å². The number of nitrogens with one attached hydrogen (secondary N) is 1. The Balaban J connectivity index is 1.69. The summed E-state index contributed by atoms with van der Waals surface area (Å²) in [4.78, 5) is 0. The zero-order chi connectivity index (χ0) is 12.8. The van der Waals surface area contributed by atoms with E-state index < -0.39 is 0 Å². The molecule has 1 N–H and O–H groups in total. The molecule has 106 valence electrons. The lowest BCUT2D eigenvalue weighted by atomic mass is 9.80. The highest BCUT2D eigenvalue weighted by molar-refractivity contribution is 7.99. The van der Waals surface area contributed by atoms with E-state index in [-0.39, 0.29) is 5.60 Å². The first-order valence-corrected chi connectivity index (χ1v) is 8.78. The van der Waals surface area contributed by atoms with Crippen molar-refractivity contribution in [3.63, 3.8) is 0 Å². The van der Waals surface area contributed by atoms with Crippen molar-refractivity contribution in [1.82, 2.24) is 5.32 Å². The van der Waals surface area contributed by atoms with Crippen LogP contribution in [0.25, 0.3) is 0 Å². The van der Waals surface area contributed by atoms with Crippen molar-refractivity contribution in [2.24, 2.45) is 11.8 Å². The largest absolute Gasteiger partial charge is 0.375 e. The predicted octanol–water partition coefficient (Wildman–Crippen LogP) is 3.31. The summed E-state index contributed by atoms with van der Waals surface area (Å²) in [6.07, 6.45) is 6.50. The average Bonchev–Trinajstić information content (AvgIpc) is 2.36. The van der Waals surface area contributed by atoms with Gasteiger partial charge in [-0.25, -0.2) is 0 Å². The van der Waals surface area contributed by atoms with Gasteiger partial charge in [-0.3, -0.25) is 0 Å². The molecular formula is C15H29NOS. The van der Waals surface area contributed by atoms with Crippen molar-refractivity contribution in [3.05, 3.63) is 0 Å². The van der Waals surface area contributed by atoms with Crippen LogP contribution in [0.5, 0.6) is 0 Å². The summed E-state index contributed by atoms with van der Waals surface area (Å²) in [6.45, 7) is 7.89. The molecule has 3 heteroatoms. The van der Waals surface area contributed by atoms with Gasteiger partial charge in [0.1, 0.15) is 0 Å². The van der Waals surface area contributed by atoms with Gasteiger partial charge in [-0.15, -0.1) is 0 Å². The molecule has 2 fully saturated rings. The maximum Gasteiger partial charge on any atom is 0.0700 e. The van der Waals surface area contributed by atoms with Gasteiger partial charge in [-0.1, -0.05) is 13.8 Å². The number of rotatable bonds is 5. The Morgan fingerprint density at radius 1 is 1.33 bits per heavy atom. The molecule has 0 bridgehead atoms. The molecule has 0 aliphatic carbocycles. The summed E-state index contributed by atoms with van der Waals surface area (Å²) in [5.74, 6) is 4.26. The molecule has 0 aromatic carbocycles. The van der Waals surface area contributed by atoms with Crippen molar-refractivity contribution in [2.75, 3.05) is 31.2 Å². The maximum absolute atomic E-state index is 6.15. The minimum absolute atomic E-state index is 0.270. The fourth-order valence-corrected chi connectivity index (χ4v) is 4.40. The number of thioether (sulfide) groups is 1. The fourth-order valence-electron chi connectivity index (χ4n) is 3.16. The van der Waals surface area contributed by atoms with Crippen LogP contribution in [0.1, 0.15) is 46.0 Å². The summed E-state index contributed by atoms with van der Waals surface area (Å²) in [5, 5.41) is 3.58. The van der Waals surface area contributed by atoms with E-state index in [9.17, 15) is 0 Å². The van der Waals surface area contributed by atoms with Crippen LogP contribution in [-0.2, 0) is 4.74 Å². The van der Waals surface area contributed by atoms with Crippen LogP contribution in [0, 0.1) is 11.8 Å². The molecule has 2 rings (SSSR count). The molecule has 0 aromatic heterocycles. The maximum atomic E-state index is 6.15. The van der Waals surface area contributed by atoms with E-state index in [0.29, 0.717) is 0 Å². The fraction of sp³-hybridized carbons (Fsp3) is 1.00. The predicted molar refractivity (Wildman–Crippen MR) is 80.3 cm³/mol. The van der Waals surface area contributed by atoms with Gasteiger partial charge in [-0.05, 0) is 68.5 Å². The molecule has 2 heterocycles. The smallest absolute Gasteiger partial charge is 0.0700 e. The summed E-state index contributed by atoms with van der Waals surface area (Å²) in [5.41, 5.74) is 0.270. The van der Waals surface area contributed by atoms with Crippen LogP contribution < -0.4 is 5.32 Å². The van der Waals surface area contributed by atoms with Crippen LogP contribution >= 0.6 is 11.8 Å². The lowest BCUT2D eigenvalue weighted by Gasteiger charge is -2.43. The van der Waals surface area contributed by atoms with E-state index in [1.165, 1.54) is 50.2 Å². The summed E-state index contributed by atoms with van der Waals surface area (Å²) >= 11 is 2.10. The van der Waals surface area contributed by atoms with E-state index in [1.54, 1.807) is 0 Å². The van der Waals surface area contributed by atoms with E-state index in [2.05, 4.69) is 30.9 Å². The minimum atomic E-state index is 0.270. The Kier molecular flexibility index (Phi) is 5.84. The third-order valence-corrected chi connectivity index (χ3v) is 5.27. The van der Waals surface area contributed by atoms with Crippen molar-refractivity contribution < 1.29 is 4.74 Å². The monoisotopic (exact) mass is 271 g/mol. The Bertz CT molecular complexity index is 233. The van der Waals surface area contributed by atoms with Gasteiger partial charge in [0.25, 0.3) is 0 Å². The van der Waals surface area contributed by atoms with Crippen LogP contribution in [-0.4, -0.2) is 36.8 Å². The Labute approximate surface area is 117 Å². The van der Waals surface area contributed by atoms with E-state index in [1.807, 2.05) is 0 Å². The van der Waals surface area contributed by atoms with Crippen molar-refractivity contribution in [3.8, 4) is 0 Å². The first-order valence-electron chi connectivity index (χ1n) is 7.63. The topological polar surface area (TPSA) is 21.3 Å². The van der Waals surface area contributed by atoms with Crippen molar-refractivity contribution in [1.29, 1.82) is 0 Å². The molecule has 18 heavy (non-hydrogen) atoms. The van der Waals surface area contributed by atoms with Gasteiger partial charge in [0.15, 0.2) is 0 Å². The summed E-state index contributed by atoms with van der Waals surface area (Å²) in [6, 6.07) is 0. The van der Waals surface area contributed by atoms with E-state index in [4.69, 9.17) is 4.74 Å². The van der Waals surface area contributed by atoms with Crippen LogP contribution in [0.4, 0.5) is 0 Å². The molecule has 0 amide bonds. The Morgan fingerprint density at radius 2 is 2.11 bits per heavy atom. The average molecular weight is 271 g/mol. The number of ether oxygens (including phenoxy) is 1. The SMILES string of the molecule is CC(C)CNCCC1CCOC2(CCSCC2)C1. The second-order valence-corrected chi connectivity index (χ2v) is 7.61. The van der Waals surface area contributed by atoms with Gasteiger partial charge in [0, 0.05) is 6.61 Å². The van der Waals surface area contributed by atoms with Gasteiger partial charge < -0.3 is 10.1 Å². The first-order chi connectivity index (χ1) is 8.70. The standard InChI is InChI=1S/C15H29NOS/c1-13(2)12-16-7-3-14-4-8-17-15(11-14)5-9-18-10-6-15/h13-14,16H,3-12H2,1-2H3. The molecule has 2 saturated heterocycles. The third kappa shape index (κ3) is 4.43. The quantitative estimate of drug-likeness (QED) is 0.775. The van der Waals surface area contributed by atoms with Crippen molar-refractivity contribution >= 4 is 11.8 Å². The molecule has 2 aliphatic rings. The lowest BCUT2D eigenvalue weighted by molar-refractivity contribution is -0.103. The van der Waals surface area contributed by atoms with Crippen LogP contribution in [0.15, 0.2) is 0 Å². The molecular weight excluding hydrogens is 242 g/mol. The lowest BCUT2D eigenvalue weighted by Crippen LogP contribution is -2.43. The van der Waals surface area contributed by atoms with Gasteiger partial charge in [0.2, 0.25) is 0 Å². The first kappa shape index (κ1) is 14.7. The highest BCUT2D eigenvalue weighted by Gasteiger charge is 2.38. The molecule has 1 unspecified atom stereocenters. The Hall–Kier alpha value is 0.270. The molecule has 1 atom stereocenters. The second-order valence-electron chi connectivity index (χ2n) is 6.39. The van der Waals surface area contributed by atoms with E-state index >= 15 is 0 Å². The van der Waals surface area contributed by atoms with Crippen LogP contribution in [0.2, 0.25) is 0 Å². The molecule has 0 radical (unpaired) electrons. The second kappa shape index (κ2) is 7.16. The number of hydrogen-bond acceptors (Lipinski definition) is 3. The van der Waals surface area contributed by atoms with Gasteiger partial charge >= 0.3 is 0 Å². The summed E-state index contributed by atoms with van der Waals surface area (Å²) < 4.78 is 6.15. The molecule has 0 aromatic rings. The minimum Gasteiger partial charge on any atom is -0.375 e. The zero-order valence-electron chi connectivity index (χ0n) is 12.0. The zero-order valence-corrected chi connectivity index (χ0v) is 12.9.